The van der Waals surface area contributed by atoms with Gasteiger partial charge in [0.25, 0.3) is 0 Å². The summed E-state index contributed by atoms with van der Waals surface area (Å²) in [7, 11) is -0.842. The molecule has 0 aliphatic heterocycles. The molecule has 0 rings (SSSR count). The molecule has 0 atom stereocenters. The van der Waals surface area contributed by atoms with Crippen LogP contribution in [0, 0.1) is 0 Å². The van der Waals surface area contributed by atoms with Crippen molar-refractivity contribution >= 4 is 8.15 Å². The molecular formula is C8H18NaOP. The normalized spacial score (nSPS) is 9.82. The van der Waals surface area contributed by atoms with Gasteiger partial charge in [0.1, 0.15) is 0 Å². The van der Waals surface area contributed by atoms with Crippen molar-refractivity contribution < 1.29 is 34.5 Å². The molecule has 0 N–H and O–H groups in total. The summed E-state index contributed by atoms with van der Waals surface area (Å²) in [5.74, 6) is 0. The molecule has 0 aromatic carbocycles. The van der Waals surface area contributed by atoms with Gasteiger partial charge in [0.05, 0.1) is 0 Å². The SMILES string of the molecule is CCCCP([O-])CCCC.[Na+]. The van der Waals surface area contributed by atoms with Gasteiger partial charge in [-0.25, -0.2) is 8.15 Å². The Labute approximate surface area is 94.1 Å². The minimum atomic E-state index is -0.842. The molecule has 0 heterocycles. The predicted molar refractivity (Wildman–Crippen MR) is 46.5 cm³/mol. The zero-order valence-electron chi connectivity index (χ0n) is 8.10. The van der Waals surface area contributed by atoms with E-state index in [1.807, 2.05) is 0 Å². The molecule has 0 unspecified atom stereocenters. The number of hydrogen-bond acceptors (Lipinski definition) is 1. The summed E-state index contributed by atoms with van der Waals surface area (Å²) < 4.78 is 0. The van der Waals surface area contributed by atoms with Gasteiger partial charge in [0.2, 0.25) is 0 Å². The maximum atomic E-state index is 11.1. The average molecular weight is 184 g/mol. The molecule has 0 fully saturated rings. The molecule has 62 valence electrons. The fourth-order valence-corrected chi connectivity index (χ4v) is 2.34. The third kappa shape index (κ3) is 11.4. The summed E-state index contributed by atoms with van der Waals surface area (Å²) in [5, 5.41) is 0. The van der Waals surface area contributed by atoms with Crippen molar-refractivity contribution in [1.29, 1.82) is 0 Å². The van der Waals surface area contributed by atoms with Crippen molar-refractivity contribution in [2.24, 2.45) is 0 Å². The number of unbranched alkanes of at least 4 members (excludes halogenated alkanes) is 2. The quantitative estimate of drug-likeness (QED) is 0.397. The second-order valence-corrected chi connectivity index (χ2v) is 4.49. The monoisotopic (exact) mass is 184 g/mol. The second kappa shape index (κ2) is 11.4. The van der Waals surface area contributed by atoms with Gasteiger partial charge in [-0.2, -0.15) is 0 Å². The van der Waals surface area contributed by atoms with E-state index in [2.05, 4.69) is 13.8 Å². The van der Waals surface area contributed by atoms with Crippen LogP contribution in [-0.2, 0) is 0 Å². The van der Waals surface area contributed by atoms with Crippen LogP contribution in [0.25, 0.3) is 0 Å². The van der Waals surface area contributed by atoms with E-state index in [1.165, 1.54) is 12.8 Å². The minimum Gasteiger partial charge on any atom is -0.829 e. The molecule has 0 amide bonds. The molecule has 0 aliphatic rings. The van der Waals surface area contributed by atoms with E-state index in [9.17, 15) is 4.89 Å². The van der Waals surface area contributed by atoms with Crippen molar-refractivity contribution in [3.8, 4) is 0 Å². The van der Waals surface area contributed by atoms with E-state index in [1.54, 1.807) is 0 Å². The molecule has 0 bridgehead atoms. The molecular weight excluding hydrogens is 166 g/mol. The maximum Gasteiger partial charge on any atom is 1.00 e. The first-order valence-corrected chi connectivity index (χ1v) is 5.86. The Morgan fingerprint density at radius 3 is 1.64 bits per heavy atom. The minimum absolute atomic E-state index is 0. The van der Waals surface area contributed by atoms with Crippen LogP contribution >= 0.6 is 8.15 Å². The maximum absolute atomic E-state index is 11.1. The molecule has 11 heavy (non-hydrogen) atoms. The Morgan fingerprint density at radius 1 is 1.00 bits per heavy atom. The van der Waals surface area contributed by atoms with Gasteiger partial charge in [0.15, 0.2) is 0 Å². The van der Waals surface area contributed by atoms with Crippen molar-refractivity contribution in [3.05, 3.63) is 0 Å². The molecule has 0 aromatic heterocycles. The van der Waals surface area contributed by atoms with Crippen molar-refractivity contribution in [3.63, 3.8) is 0 Å². The summed E-state index contributed by atoms with van der Waals surface area (Å²) in [6.07, 6.45) is 6.52. The topological polar surface area (TPSA) is 23.1 Å². The fraction of sp³-hybridized carbons (Fsp3) is 1.00. The van der Waals surface area contributed by atoms with E-state index in [-0.39, 0.29) is 29.6 Å². The van der Waals surface area contributed by atoms with Crippen LogP contribution in [0.3, 0.4) is 0 Å². The van der Waals surface area contributed by atoms with Crippen LogP contribution in [0.1, 0.15) is 39.5 Å². The Balaban J connectivity index is 0. The molecule has 0 aliphatic carbocycles. The van der Waals surface area contributed by atoms with E-state index in [0.29, 0.717) is 0 Å². The van der Waals surface area contributed by atoms with E-state index in [0.717, 1.165) is 25.2 Å². The zero-order valence-corrected chi connectivity index (χ0v) is 11.0. The first-order chi connectivity index (χ1) is 4.81. The van der Waals surface area contributed by atoms with Gasteiger partial charge in [-0.1, -0.05) is 39.5 Å². The van der Waals surface area contributed by atoms with E-state index in [4.69, 9.17) is 0 Å². The summed E-state index contributed by atoms with van der Waals surface area (Å²) in [6.45, 7) is 4.28. The molecule has 0 spiro atoms. The van der Waals surface area contributed by atoms with Crippen LogP contribution in [0.5, 0.6) is 0 Å². The standard InChI is InChI=1S/C8H18OP.Na/c1-3-5-7-10(9)8-6-4-2;/h3-8H2,1-2H3;/q-1;+1. The van der Waals surface area contributed by atoms with Gasteiger partial charge >= 0.3 is 29.6 Å². The second-order valence-electron chi connectivity index (χ2n) is 2.64. The summed E-state index contributed by atoms with van der Waals surface area (Å²) in [6, 6.07) is 0. The van der Waals surface area contributed by atoms with Gasteiger partial charge in [0, 0.05) is 0 Å². The summed E-state index contributed by atoms with van der Waals surface area (Å²) >= 11 is 0. The third-order valence-electron chi connectivity index (χ3n) is 1.52. The average Bonchev–Trinajstić information content (AvgIpc) is 1.97. The van der Waals surface area contributed by atoms with Gasteiger partial charge in [-0.05, 0) is 12.3 Å². The van der Waals surface area contributed by atoms with Crippen molar-refractivity contribution in [1.82, 2.24) is 0 Å². The third-order valence-corrected chi connectivity index (χ3v) is 3.15. The predicted octanol–water partition coefficient (Wildman–Crippen LogP) is -0.652. The van der Waals surface area contributed by atoms with Crippen LogP contribution in [-0.4, -0.2) is 12.3 Å². The Kier molecular flexibility index (Phi) is 15.4. The number of rotatable bonds is 6. The van der Waals surface area contributed by atoms with Gasteiger partial charge in [-0.15, -0.1) is 0 Å². The fourth-order valence-electron chi connectivity index (χ4n) is 0.781. The Hall–Kier alpha value is 1.39. The molecule has 0 aromatic rings. The van der Waals surface area contributed by atoms with Crippen molar-refractivity contribution in [2.75, 3.05) is 12.3 Å². The Bertz CT molecular complexity index is 63.1. The molecule has 0 saturated carbocycles. The molecule has 0 saturated heterocycles. The van der Waals surface area contributed by atoms with Gasteiger partial charge in [-0.3, -0.25) is 0 Å². The first-order valence-electron chi connectivity index (χ1n) is 4.23. The van der Waals surface area contributed by atoms with Crippen LogP contribution < -0.4 is 34.5 Å². The largest absolute Gasteiger partial charge is 1.00 e. The summed E-state index contributed by atoms with van der Waals surface area (Å²) in [5.41, 5.74) is 0. The number of hydrogen-bond donors (Lipinski definition) is 0. The zero-order chi connectivity index (χ0) is 7.82. The van der Waals surface area contributed by atoms with Crippen LogP contribution in [0.4, 0.5) is 0 Å². The smallest absolute Gasteiger partial charge is 0.829 e. The van der Waals surface area contributed by atoms with Crippen LogP contribution in [0.2, 0.25) is 0 Å². The van der Waals surface area contributed by atoms with E-state index < -0.39 is 8.15 Å². The van der Waals surface area contributed by atoms with E-state index >= 15 is 0 Å². The van der Waals surface area contributed by atoms with Crippen molar-refractivity contribution in [2.45, 2.75) is 39.5 Å². The first kappa shape index (κ1) is 14.9. The summed E-state index contributed by atoms with van der Waals surface area (Å²) in [4.78, 5) is 11.1. The van der Waals surface area contributed by atoms with Gasteiger partial charge < -0.3 is 4.89 Å². The molecule has 0 radical (unpaired) electrons. The molecule has 3 heteroatoms. The Morgan fingerprint density at radius 2 is 1.36 bits per heavy atom. The van der Waals surface area contributed by atoms with Crippen LogP contribution in [0.15, 0.2) is 0 Å². The molecule has 1 nitrogen and oxygen atoms in total.